The summed E-state index contributed by atoms with van der Waals surface area (Å²) in [5.41, 5.74) is 8.36. The Morgan fingerprint density at radius 2 is 1.93 bits per heavy atom. The number of fused-ring (bicyclic) bond motifs is 1. The average Bonchev–Trinajstić information content (AvgIpc) is 2.75. The Balaban J connectivity index is 1.74. The summed E-state index contributed by atoms with van der Waals surface area (Å²) in [6.07, 6.45) is 1.22. The Hall–Kier alpha value is -3.38. The van der Waals surface area contributed by atoms with E-state index in [4.69, 9.17) is 26.8 Å². The lowest BCUT2D eigenvalue weighted by molar-refractivity contribution is 0.0931. The van der Waals surface area contributed by atoms with Gasteiger partial charge >= 0.3 is 0 Å². The van der Waals surface area contributed by atoms with Crippen LogP contribution in [-0.2, 0) is 0 Å². The van der Waals surface area contributed by atoms with Crippen molar-refractivity contribution in [1.29, 1.82) is 0 Å². The third-order valence-corrected chi connectivity index (χ3v) is 5.24. The van der Waals surface area contributed by atoms with Crippen LogP contribution in [0.4, 0.5) is 0 Å². The smallest absolute Gasteiger partial charge is 0.250 e. The predicted octanol–water partition coefficient (Wildman–Crippen LogP) is 4.28. The summed E-state index contributed by atoms with van der Waals surface area (Å²) in [5.74, 6) is 0.633. The van der Waals surface area contributed by atoms with Gasteiger partial charge in [-0.1, -0.05) is 23.7 Å². The molecule has 2 aromatic carbocycles. The molecule has 4 rings (SSSR count). The fraction of sp³-hybridized carbons (Fsp3) is 0.174. The van der Waals surface area contributed by atoms with Gasteiger partial charge in [0.1, 0.15) is 11.5 Å². The van der Waals surface area contributed by atoms with Crippen molar-refractivity contribution in [3.05, 3.63) is 87.7 Å². The van der Waals surface area contributed by atoms with E-state index in [0.29, 0.717) is 46.4 Å². The van der Waals surface area contributed by atoms with Gasteiger partial charge in [-0.15, -0.1) is 0 Å². The Kier molecular flexibility index (Phi) is 5.42. The molecule has 30 heavy (non-hydrogen) atoms. The summed E-state index contributed by atoms with van der Waals surface area (Å²) >= 11 is 6.04. The molecule has 0 saturated carbocycles. The number of primary amides is 1. The highest BCUT2D eigenvalue weighted by Crippen LogP contribution is 2.38. The number of hydrogen-bond acceptors (Lipinski definition) is 5. The molecule has 0 bridgehead atoms. The number of nitrogens with two attached hydrogens (primary N) is 1. The lowest BCUT2D eigenvalue weighted by atomic mass is 10.0. The summed E-state index contributed by atoms with van der Waals surface area (Å²) in [6.45, 7) is 2.21. The summed E-state index contributed by atoms with van der Waals surface area (Å²) < 4.78 is 12.1. The number of carbonyl (C=O) groups excluding carboxylic acids is 2. The fourth-order valence-electron chi connectivity index (χ4n) is 3.36. The number of aromatic nitrogens is 1. The van der Waals surface area contributed by atoms with Crippen LogP contribution < -0.4 is 15.2 Å². The van der Waals surface area contributed by atoms with Gasteiger partial charge in [0, 0.05) is 23.2 Å². The quantitative estimate of drug-likeness (QED) is 0.662. The number of carbonyl (C=O) groups is 2. The third-order valence-electron chi connectivity index (χ3n) is 4.99. The highest BCUT2D eigenvalue weighted by molar-refractivity contribution is 6.30. The molecule has 0 saturated heterocycles. The van der Waals surface area contributed by atoms with Gasteiger partial charge in [0.05, 0.1) is 23.4 Å². The molecular weight excluding hydrogens is 404 g/mol. The van der Waals surface area contributed by atoms with Crippen LogP contribution in [0, 0.1) is 6.92 Å². The maximum Gasteiger partial charge on any atom is 0.250 e. The molecule has 0 spiro atoms. The average molecular weight is 423 g/mol. The van der Waals surface area contributed by atoms with E-state index in [1.807, 2.05) is 19.1 Å². The van der Waals surface area contributed by atoms with E-state index in [1.54, 1.807) is 36.4 Å². The first-order valence-electron chi connectivity index (χ1n) is 9.41. The van der Waals surface area contributed by atoms with Gasteiger partial charge < -0.3 is 15.2 Å². The summed E-state index contributed by atoms with van der Waals surface area (Å²) in [5, 5.41) is 0.603. The number of rotatable bonds is 5. The molecule has 6 nitrogen and oxygen atoms in total. The van der Waals surface area contributed by atoms with E-state index in [2.05, 4.69) is 4.98 Å². The molecule has 1 aromatic heterocycles. The number of hydrogen-bond donors (Lipinski definition) is 1. The normalized spacial score (nSPS) is 13.9. The first-order chi connectivity index (χ1) is 14.4. The van der Waals surface area contributed by atoms with Gasteiger partial charge in [0.15, 0.2) is 11.9 Å². The zero-order chi connectivity index (χ0) is 21.3. The van der Waals surface area contributed by atoms with Gasteiger partial charge in [-0.3, -0.25) is 14.6 Å². The zero-order valence-corrected chi connectivity index (χ0v) is 17.0. The van der Waals surface area contributed by atoms with E-state index in [0.717, 1.165) is 11.1 Å². The molecule has 1 aliphatic rings. The van der Waals surface area contributed by atoms with Gasteiger partial charge in [-0.05, 0) is 48.9 Å². The monoisotopic (exact) mass is 422 g/mol. The second kappa shape index (κ2) is 8.16. The van der Waals surface area contributed by atoms with Crippen molar-refractivity contribution in [1.82, 2.24) is 4.98 Å². The molecule has 1 atom stereocenters. The van der Waals surface area contributed by atoms with Gasteiger partial charge in [0.25, 0.3) is 0 Å². The minimum absolute atomic E-state index is 0.0591. The fourth-order valence-corrected chi connectivity index (χ4v) is 3.48. The lowest BCUT2D eigenvalue weighted by Gasteiger charge is -2.24. The van der Waals surface area contributed by atoms with Crippen LogP contribution in [0.3, 0.4) is 0 Å². The number of nitrogens with zero attached hydrogens (tertiary/aromatic N) is 1. The largest absolute Gasteiger partial charge is 0.492 e. The molecule has 0 fully saturated rings. The molecule has 0 aliphatic carbocycles. The zero-order valence-electron chi connectivity index (χ0n) is 16.2. The molecule has 2 N–H and O–H groups in total. The van der Waals surface area contributed by atoms with E-state index < -0.39 is 12.0 Å². The Morgan fingerprint density at radius 3 is 2.60 bits per heavy atom. The number of benzene rings is 2. The van der Waals surface area contributed by atoms with Crippen molar-refractivity contribution in [2.75, 3.05) is 6.61 Å². The van der Waals surface area contributed by atoms with Crippen LogP contribution in [0.1, 0.15) is 50.1 Å². The van der Waals surface area contributed by atoms with Gasteiger partial charge in [0.2, 0.25) is 5.91 Å². The molecular formula is C23H19ClN2O4. The standard InChI is InChI=1S/C23H19ClN2O4/c1-13-20(9-7-17-19(27)10-11-29-21(13)17)30-22(14-2-5-16(24)6-3-14)18-8-4-15(12-26-18)23(25)28/h2-9,12,22H,10-11H2,1H3,(H2,25,28). The SMILES string of the molecule is Cc1c(OC(c2ccc(Cl)cc2)c2ccc(C(N)=O)cn2)ccc2c1OCCC2=O. The van der Waals surface area contributed by atoms with Gasteiger partial charge in [-0.25, -0.2) is 0 Å². The van der Waals surface area contributed by atoms with Crippen molar-refractivity contribution < 1.29 is 19.1 Å². The van der Waals surface area contributed by atoms with Gasteiger partial charge in [-0.2, -0.15) is 0 Å². The topological polar surface area (TPSA) is 91.5 Å². The second-order valence-electron chi connectivity index (χ2n) is 6.97. The predicted molar refractivity (Wildman–Crippen MR) is 112 cm³/mol. The summed E-state index contributed by atoms with van der Waals surface area (Å²) in [4.78, 5) is 27.9. The number of amides is 1. The highest BCUT2D eigenvalue weighted by atomic mass is 35.5. The number of ether oxygens (including phenoxy) is 2. The summed E-state index contributed by atoms with van der Waals surface area (Å²) in [7, 11) is 0. The van der Waals surface area contributed by atoms with E-state index >= 15 is 0 Å². The van der Waals surface area contributed by atoms with Crippen molar-refractivity contribution >= 4 is 23.3 Å². The van der Waals surface area contributed by atoms with Crippen molar-refractivity contribution in [2.24, 2.45) is 5.73 Å². The van der Waals surface area contributed by atoms with E-state index in [-0.39, 0.29) is 5.78 Å². The Labute approximate surface area is 178 Å². The van der Waals surface area contributed by atoms with Crippen molar-refractivity contribution in [3.63, 3.8) is 0 Å². The second-order valence-corrected chi connectivity index (χ2v) is 7.41. The van der Waals surface area contributed by atoms with E-state index in [1.165, 1.54) is 6.20 Å². The maximum absolute atomic E-state index is 12.2. The number of ketones is 1. The van der Waals surface area contributed by atoms with Crippen molar-refractivity contribution in [2.45, 2.75) is 19.4 Å². The first kappa shape index (κ1) is 19.9. The van der Waals surface area contributed by atoms with Crippen molar-refractivity contribution in [3.8, 4) is 11.5 Å². The molecule has 1 unspecified atom stereocenters. The maximum atomic E-state index is 12.2. The Morgan fingerprint density at radius 1 is 1.17 bits per heavy atom. The van der Waals surface area contributed by atoms with Crippen LogP contribution in [0.2, 0.25) is 5.02 Å². The highest BCUT2D eigenvalue weighted by Gasteiger charge is 2.25. The molecule has 2 heterocycles. The molecule has 152 valence electrons. The van der Waals surface area contributed by atoms with Crippen LogP contribution >= 0.6 is 11.6 Å². The minimum Gasteiger partial charge on any atom is -0.492 e. The lowest BCUT2D eigenvalue weighted by Crippen LogP contribution is -2.18. The minimum atomic E-state index is -0.569. The molecule has 7 heteroatoms. The third kappa shape index (κ3) is 3.86. The molecule has 1 aliphatic heterocycles. The number of Topliss-reactive ketones (excluding diaryl/α,β-unsaturated/α-hetero) is 1. The van der Waals surface area contributed by atoms with Crippen LogP contribution in [0.5, 0.6) is 11.5 Å². The van der Waals surface area contributed by atoms with Crippen LogP contribution in [0.25, 0.3) is 0 Å². The van der Waals surface area contributed by atoms with E-state index in [9.17, 15) is 9.59 Å². The van der Waals surface area contributed by atoms with Crippen LogP contribution in [0.15, 0.2) is 54.7 Å². The molecule has 3 aromatic rings. The Bertz CT molecular complexity index is 1110. The molecule has 1 amide bonds. The van der Waals surface area contributed by atoms with Crippen LogP contribution in [-0.4, -0.2) is 23.3 Å². The number of pyridine rings is 1. The first-order valence-corrected chi connectivity index (χ1v) is 9.79. The number of halogens is 1. The summed E-state index contributed by atoms with van der Waals surface area (Å²) in [6, 6.07) is 14.0. The molecule has 0 radical (unpaired) electrons.